The zero-order valence-corrected chi connectivity index (χ0v) is 11.7. The fourth-order valence-electron chi connectivity index (χ4n) is 2.16. The fourth-order valence-corrected chi connectivity index (χ4v) is 2.16. The number of azo groups is 1. The third-order valence-corrected chi connectivity index (χ3v) is 3.26. The van der Waals surface area contributed by atoms with Gasteiger partial charge in [0.2, 0.25) is 0 Å². The Kier molecular flexibility index (Phi) is 3.56. The van der Waals surface area contributed by atoms with Crippen LogP contribution in [0.25, 0.3) is 10.8 Å². The highest BCUT2D eigenvalue weighted by molar-refractivity contribution is 5.94. The predicted molar refractivity (Wildman–Crippen MR) is 84.0 cm³/mol. The van der Waals surface area contributed by atoms with E-state index in [2.05, 4.69) is 29.3 Å². The Hall–Kier alpha value is -2.81. The summed E-state index contributed by atoms with van der Waals surface area (Å²) in [5.41, 5.74) is 2.43. The Morgan fingerprint density at radius 2 is 1.57 bits per heavy atom. The van der Waals surface area contributed by atoms with E-state index in [1.807, 2.05) is 30.3 Å². The summed E-state index contributed by atoms with van der Waals surface area (Å²) < 4.78 is 0. The van der Waals surface area contributed by atoms with Crippen LogP contribution in [-0.2, 0) is 0 Å². The summed E-state index contributed by atoms with van der Waals surface area (Å²) in [6.07, 6.45) is 0. The molecule has 1 amide bonds. The number of benzene rings is 3. The van der Waals surface area contributed by atoms with Gasteiger partial charge in [-0.3, -0.25) is 4.79 Å². The van der Waals surface area contributed by atoms with Gasteiger partial charge in [0.25, 0.3) is 5.91 Å². The molecular weight excluding hydrogens is 260 g/mol. The molecule has 0 atom stereocenters. The molecule has 102 valence electrons. The van der Waals surface area contributed by atoms with Gasteiger partial charge in [0.05, 0.1) is 5.69 Å². The minimum Gasteiger partial charge on any atom is -0.265 e. The van der Waals surface area contributed by atoms with Crippen molar-refractivity contribution in [3.63, 3.8) is 0 Å². The van der Waals surface area contributed by atoms with Crippen molar-refractivity contribution in [3.8, 4) is 0 Å². The van der Waals surface area contributed by atoms with Crippen molar-refractivity contribution in [2.75, 3.05) is 0 Å². The van der Waals surface area contributed by atoms with E-state index in [-0.39, 0.29) is 5.91 Å². The van der Waals surface area contributed by atoms with Crippen LogP contribution >= 0.6 is 0 Å². The second kappa shape index (κ2) is 5.67. The molecular formula is C18H14N2O. The first-order valence-corrected chi connectivity index (χ1v) is 6.74. The maximum atomic E-state index is 11.9. The normalized spacial score (nSPS) is 11.1. The molecule has 0 N–H and O–H groups in total. The standard InChI is InChI=1S/C18H14N2O/c1-13-7-8-16-12-17(10-9-15(16)11-13)19-20-18(21)14-5-3-2-4-6-14/h2-12H,1H3. The summed E-state index contributed by atoms with van der Waals surface area (Å²) in [5.74, 6) is -0.334. The molecule has 0 bridgehead atoms. The van der Waals surface area contributed by atoms with Gasteiger partial charge in [-0.1, -0.05) is 48.0 Å². The minimum atomic E-state index is -0.334. The molecule has 0 unspecified atom stereocenters. The number of hydrogen-bond donors (Lipinski definition) is 0. The van der Waals surface area contributed by atoms with E-state index >= 15 is 0 Å². The zero-order valence-electron chi connectivity index (χ0n) is 11.7. The number of amides is 1. The first-order chi connectivity index (χ1) is 10.2. The quantitative estimate of drug-likeness (QED) is 0.601. The van der Waals surface area contributed by atoms with Crippen molar-refractivity contribution < 1.29 is 4.79 Å². The lowest BCUT2D eigenvalue weighted by Gasteiger charge is -2.00. The lowest BCUT2D eigenvalue weighted by molar-refractivity contribution is 0.0995. The van der Waals surface area contributed by atoms with Crippen molar-refractivity contribution in [2.24, 2.45) is 10.2 Å². The van der Waals surface area contributed by atoms with Gasteiger partial charge in [0.15, 0.2) is 0 Å². The Morgan fingerprint density at radius 3 is 2.38 bits per heavy atom. The molecule has 0 radical (unpaired) electrons. The molecule has 0 aliphatic heterocycles. The van der Waals surface area contributed by atoms with Gasteiger partial charge < -0.3 is 0 Å². The van der Waals surface area contributed by atoms with Crippen LogP contribution in [0.15, 0.2) is 77.0 Å². The highest BCUT2D eigenvalue weighted by Gasteiger charge is 2.02. The summed E-state index contributed by atoms with van der Waals surface area (Å²) >= 11 is 0. The molecule has 0 heterocycles. The number of rotatable bonds is 2. The number of hydrogen-bond acceptors (Lipinski definition) is 2. The van der Waals surface area contributed by atoms with Gasteiger partial charge in [-0.25, -0.2) is 0 Å². The fraction of sp³-hybridized carbons (Fsp3) is 0.0556. The Morgan fingerprint density at radius 1 is 0.857 bits per heavy atom. The Balaban J connectivity index is 1.86. The third kappa shape index (κ3) is 3.03. The van der Waals surface area contributed by atoms with Gasteiger partial charge in [-0.15, -0.1) is 10.2 Å². The molecule has 0 saturated heterocycles. The molecule has 0 spiro atoms. The summed E-state index contributed by atoms with van der Waals surface area (Å²) in [5, 5.41) is 10.0. The largest absolute Gasteiger partial charge is 0.295 e. The molecule has 0 aliphatic rings. The maximum Gasteiger partial charge on any atom is 0.295 e. The molecule has 0 fully saturated rings. The zero-order chi connectivity index (χ0) is 14.7. The lowest BCUT2D eigenvalue weighted by Crippen LogP contribution is -1.91. The molecule has 3 heteroatoms. The van der Waals surface area contributed by atoms with E-state index in [4.69, 9.17) is 0 Å². The van der Waals surface area contributed by atoms with Crippen LogP contribution in [0.1, 0.15) is 15.9 Å². The van der Waals surface area contributed by atoms with Crippen molar-refractivity contribution in [3.05, 3.63) is 77.9 Å². The van der Waals surface area contributed by atoms with Gasteiger partial charge in [0.1, 0.15) is 0 Å². The Bertz CT molecular complexity index is 823. The van der Waals surface area contributed by atoms with E-state index < -0.39 is 0 Å². The first-order valence-electron chi connectivity index (χ1n) is 6.74. The molecule has 0 aliphatic carbocycles. The smallest absolute Gasteiger partial charge is 0.265 e. The SMILES string of the molecule is Cc1ccc2cc(N=NC(=O)c3ccccc3)ccc2c1. The van der Waals surface area contributed by atoms with Crippen LogP contribution in [-0.4, -0.2) is 5.91 Å². The number of nitrogens with zero attached hydrogens (tertiary/aromatic N) is 2. The number of aryl methyl sites for hydroxylation is 1. The van der Waals surface area contributed by atoms with Crippen LogP contribution in [0.4, 0.5) is 5.69 Å². The third-order valence-electron chi connectivity index (χ3n) is 3.26. The van der Waals surface area contributed by atoms with Crippen LogP contribution in [0.3, 0.4) is 0 Å². The van der Waals surface area contributed by atoms with Crippen molar-refractivity contribution >= 4 is 22.4 Å². The summed E-state index contributed by atoms with van der Waals surface area (Å²) in [6, 6.07) is 20.9. The molecule has 3 nitrogen and oxygen atoms in total. The second-order valence-electron chi connectivity index (χ2n) is 4.91. The van der Waals surface area contributed by atoms with Crippen LogP contribution in [0, 0.1) is 6.92 Å². The monoisotopic (exact) mass is 274 g/mol. The van der Waals surface area contributed by atoms with E-state index in [1.165, 1.54) is 5.56 Å². The van der Waals surface area contributed by atoms with E-state index in [0.717, 1.165) is 10.8 Å². The van der Waals surface area contributed by atoms with Gasteiger partial charge in [0, 0.05) is 5.56 Å². The summed E-state index contributed by atoms with van der Waals surface area (Å²) in [7, 11) is 0. The molecule has 3 aromatic rings. The predicted octanol–water partition coefficient (Wildman–Crippen LogP) is 5.07. The highest BCUT2D eigenvalue weighted by Crippen LogP contribution is 2.22. The molecule has 3 rings (SSSR count). The number of fused-ring (bicyclic) bond motifs is 1. The van der Waals surface area contributed by atoms with Crippen LogP contribution < -0.4 is 0 Å². The Labute approximate surface area is 123 Å². The highest BCUT2D eigenvalue weighted by atomic mass is 16.1. The van der Waals surface area contributed by atoms with Crippen molar-refractivity contribution in [1.29, 1.82) is 0 Å². The number of carbonyl (C=O) groups is 1. The van der Waals surface area contributed by atoms with Gasteiger partial charge in [-0.05, 0) is 42.0 Å². The molecule has 0 saturated carbocycles. The lowest BCUT2D eigenvalue weighted by atomic mass is 10.1. The van der Waals surface area contributed by atoms with E-state index in [0.29, 0.717) is 11.3 Å². The van der Waals surface area contributed by atoms with Gasteiger partial charge in [-0.2, -0.15) is 0 Å². The first kappa shape index (κ1) is 13.2. The molecule has 3 aromatic carbocycles. The average Bonchev–Trinajstić information content (AvgIpc) is 2.53. The van der Waals surface area contributed by atoms with Crippen LogP contribution in [0.5, 0.6) is 0 Å². The summed E-state index contributed by atoms with van der Waals surface area (Å²) in [4.78, 5) is 11.9. The summed E-state index contributed by atoms with van der Waals surface area (Å²) in [6.45, 7) is 2.06. The molecule has 0 aromatic heterocycles. The minimum absolute atomic E-state index is 0.334. The van der Waals surface area contributed by atoms with Crippen LogP contribution in [0.2, 0.25) is 0 Å². The topological polar surface area (TPSA) is 41.8 Å². The maximum absolute atomic E-state index is 11.9. The van der Waals surface area contributed by atoms with Crippen molar-refractivity contribution in [1.82, 2.24) is 0 Å². The van der Waals surface area contributed by atoms with Gasteiger partial charge >= 0.3 is 0 Å². The second-order valence-corrected chi connectivity index (χ2v) is 4.91. The molecule has 21 heavy (non-hydrogen) atoms. The average molecular weight is 274 g/mol. The number of carbonyl (C=O) groups excluding carboxylic acids is 1. The van der Waals surface area contributed by atoms with E-state index in [9.17, 15) is 4.79 Å². The van der Waals surface area contributed by atoms with Crippen molar-refractivity contribution in [2.45, 2.75) is 6.92 Å². The van der Waals surface area contributed by atoms with E-state index in [1.54, 1.807) is 24.3 Å².